The van der Waals surface area contributed by atoms with Gasteiger partial charge in [0, 0.05) is 37.0 Å². The second kappa shape index (κ2) is 5.93. The van der Waals surface area contributed by atoms with Crippen LogP contribution >= 0.6 is 0 Å². The van der Waals surface area contributed by atoms with Crippen molar-refractivity contribution in [1.29, 1.82) is 0 Å². The van der Waals surface area contributed by atoms with Crippen molar-refractivity contribution in [3.63, 3.8) is 0 Å². The van der Waals surface area contributed by atoms with Crippen LogP contribution < -0.4 is 5.32 Å². The largest absolute Gasteiger partial charge is 0.308 e. The van der Waals surface area contributed by atoms with Gasteiger partial charge in [-0.05, 0) is 18.6 Å². The first-order valence-corrected chi connectivity index (χ1v) is 6.13. The van der Waals surface area contributed by atoms with Gasteiger partial charge in [0.05, 0.1) is 6.20 Å². The molecule has 0 saturated carbocycles. The molecule has 2 rings (SSSR count). The summed E-state index contributed by atoms with van der Waals surface area (Å²) in [5.74, 6) is 0. The first-order chi connectivity index (χ1) is 9.08. The lowest BCUT2D eigenvalue weighted by atomic mass is 10.1. The molecule has 0 aliphatic rings. The predicted molar refractivity (Wildman–Crippen MR) is 69.9 cm³/mol. The lowest BCUT2D eigenvalue weighted by Crippen LogP contribution is -2.13. The standard InChI is InChI=1S/C14H17F2N3/c1-10-13(9-18-19(10)2)8-17-7-11-4-3-5-12(6-11)14(15)16/h3-6,9,14,17H,7-8H2,1-2H3. The van der Waals surface area contributed by atoms with Crippen LogP contribution in [-0.2, 0) is 20.1 Å². The van der Waals surface area contributed by atoms with Gasteiger partial charge in [-0.1, -0.05) is 18.2 Å². The average Bonchev–Trinajstić information content (AvgIpc) is 2.71. The summed E-state index contributed by atoms with van der Waals surface area (Å²) in [4.78, 5) is 0. The zero-order valence-electron chi connectivity index (χ0n) is 11.0. The molecule has 102 valence electrons. The molecule has 0 fully saturated rings. The normalized spacial score (nSPS) is 11.2. The molecule has 1 aromatic heterocycles. The van der Waals surface area contributed by atoms with Gasteiger partial charge in [0.15, 0.2) is 0 Å². The highest BCUT2D eigenvalue weighted by Crippen LogP contribution is 2.19. The maximum absolute atomic E-state index is 12.6. The van der Waals surface area contributed by atoms with Crippen molar-refractivity contribution in [1.82, 2.24) is 15.1 Å². The Labute approximate surface area is 111 Å². The molecule has 0 aliphatic carbocycles. The van der Waals surface area contributed by atoms with Crippen LogP contribution in [0.25, 0.3) is 0 Å². The fourth-order valence-electron chi connectivity index (χ4n) is 1.90. The van der Waals surface area contributed by atoms with Crippen LogP contribution in [0.5, 0.6) is 0 Å². The monoisotopic (exact) mass is 265 g/mol. The number of alkyl halides is 2. The predicted octanol–water partition coefficient (Wildman–Crippen LogP) is 2.96. The minimum atomic E-state index is -2.42. The van der Waals surface area contributed by atoms with Crippen molar-refractivity contribution in [2.24, 2.45) is 7.05 Å². The fraction of sp³-hybridized carbons (Fsp3) is 0.357. The third-order valence-electron chi connectivity index (χ3n) is 3.18. The summed E-state index contributed by atoms with van der Waals surface area (Å²) in [6.45, 7) is 3.24. The van der Waals surface area contributed by atoms with Crippen LogP contribution in [0.3, 0.4) is 0 Å². The highest BCUT2D eigenvalue weighted by atomic mass is 19.3. The molecule has 1 N–H and O–H groups in total. The van der Waals surface area contributed by atoms with E-state index in [2.05, 4.69) is 10.4 Å². The minimum Gasteiger partial charge on any atom is -0.308 e. The maximum Gasteiger partial charge on any atom is 0.263 e. The number of aryl methyl sites for hydroxylation is 1. The molecule has 0 bridgehead atoms. The van der Waals surface area contributed by atoms with Crippen LogP contribution in [0.2, 0.25) is 0 Å². The van der Waals surface area contributed by atoms with Crippen molar-refractivity contribution >= 4 is 0 Å². The zero-order chi connectivity index (χ0) is 13.8. The van der Waals surface area contributed by atoms with Gasteiger partial charge in [-0.3, -0.25) is 4.68 Å². The Balaban J connectivity index is 1.92. The van der Waals surface area contributed by atoms with Gasteiger partial charge in [-0.2, -0.15) is 5.10 Å². The van der Waals surface area contributed by atoms with E-state index in [0.29, 0.717) is 13.1 Å². The molecule has 0 saturated heterocycles. The summed E-state index contributed by atoms with van der Waals surface area (Å²) in [5, 5.41) is 7.40. The van der Waals surface area contributed by atoms with Crippen molar-refractivity contribution in [2.75, 3.05) is 0 Å². The van der Waals surface area contributed by atoms with E-state index in [0.717, 1.165) is 16.8 Å². The second-order valence-electron chi connectivity index (χ2n) is 4.53. The van der Waals surface area contributed by atoms with Gasteiger partial charge in [-0.25, -0.2) is 8.78 Å². The smallest absolute Gasteiger partial charge is 0.263 e. The molecular formula is C14H17F2N3. The Kier molecular flexibility index (Phi) is 4.27. The number of benzene rings is 1. The molecule has 0 amide bonds. The van der Waals surface area contributed by atoms with Crippen molar-refractivity contribution in [2.45, 2.75) is 26.4 Å². The number of nitrogens with one attached hydrogen (secondary N) is 1. The SMILES string of the molecule is Cc1c(CNCc2cccc(C(F)F)c2)cnn1C. The van der Waals surface area contributed by atoms with Crippen LogP contribution in [0, 0.1) is 6.92 Å². The number of nitrogens with zero attached hydrogens (tertiary/aromatic N) is 2. The lowest BCUT2D eigenvalue weighted by molar-refractivity contribution is 0.151. The maximum atomic E-state index is 12.6. The van der Waals surface area contributed by atoms with Crippen molar-refractivity contribution in [3.05, 3.63) is 52.8 Å². The first kappa shape index (κ1) is 13.7. The number of hydrogen-bond acceptors (Lipinski definition) is 2. The van der Waals surface area contributed by atoms with Gasteiger partial charge in [0.2, 0.25) is 0 Å². The van der Waals surface area contributed by atoms with Crippen LogP contribution in [0.1, 0.15) is 28.8 Å². The molecule has 2 aromatic rings. The average molecular weight is 265 g/mol. The highest BCUT2D eigenvalue weighted by molar-refractivity contribution is 5.24. The Morgan fingerprint density at radius 1 is 1.32 bits per heavy atom. The molecule has 19 heavy (non-hydrogen) atoms. The molecule has 0 aliphatic heterocycles. The fourth-order valence-corrected chi connectivity index (χ4v) is 1.90. The number of aromatic nitrogens is 2. The van der Waals surface area contributed by atoms with Gasteiger partial charge < -0.3 is 5.32 Å². The van der Waals surface area contributed by atoms with Crippen LogP contribution in [-0.4, -0.2) is 9.78 Å². The van der Waals surface area contributed by atoms with E-state index < -0.39 is 6.43 Å². The highest BCUT2D eigenvalue weighted by Gasteiger charge is 2.07. The number of hydrogen-bond donors (Lipinski definition) is 1. The molecule has 0 radical (unpaired) electrons. The lowest BCUT2D eigenvalue weighted by Gasteiger charge is -2.07. The molecular weight excluding hydrogens is 248 g/mol. The van der Waals surface area contributed by atoms with Gasteiger partial charge >= 0.3 is 0 Å². The third-order valence-corrected chi connectivity index (χ3v) is 3.18. The molecule has 3 nitrogen and oxygen atoms in total. The molecule has 1 heterocycles. The summed E-state index contributed by atoms with van der Waals surface area (Å²) in [6, 6.07) is 6.48. The zero-order valence-corrected chi connectivity index (χ0v) is 11.0. The van der Waals surface area contributed by atoms with Gasteiger partial charge in [0.1, 0.15) is 0 Å². The van der Waals surface area contributed by atoms with Crippen LogP contribution in [0.4, 0.5) is 8.78 Å². The molecule has 1 aromatic carbocycles. The van der Waals surface area contributed by atoms with E-state index in [4.69, 9.17) is 0 Å². The summed E-state index contributed by atoms with van der Waals surface area (Å²) in [5.41, 5.74) is 3.15. The van der Waals surface area contributed by atoms with E-state index >= 15 is 0 Å². The third kappa shape index (κ3) is 3.38. The minimum absolute atomic E-state index is 0.0665. The molecule has 0 unspecified atom stereocenters. The summed E-state index contributed by atoms with van der Waals surface area (Å²) in [7, 11) is 1.89. The molecule has 5 heteroatoms. The second-order valence-corrected chi connectivity index (χ2v) is 4.53. The van der Waals surface area contributed by atoms with E-state index in [1.807, 2.05) is 30.9 Å². The van der Waals surface area contributed by atoms with Crippen molar-refractivity contribution < 1.29 is 8.78 Å². The summed E-state index contributed by atoms with van der Waals surface area (Å²) in [6.07, 6.45) is -0.599. The molecule has 0 atom stereocenters. The van der Waals surface area contributed by atoms with Crippen molar-refractivity contribution in [3.8, 4) is 0 Å². The summed E-state index contributed by atoms with van der Waals surface area (Å²) < 4.78 is 26.9. The summed E-state index contributed by atoms with van der Waals surface area (Å²) >= 11 is 0. The van der Waals surface area contributed by atoms with Crippen LogP contribution in [0.15, 0.2) is 30.5 Å². The van der Waals surface area contributed by atoms with E-state index in [9.17, 15) is 8.78 Å². The Morgan fingerprint density at radius 3 is 2.74 bits per heavy atom. The van der Waals surface area contributed by atoms with E-state index in [-0.39, 0.29) is 5.56 Å². The van der Waals surface area contributed by atoms with Gasteiger partial charge in [0.25, 0.3) is 6.43 Å². The number of rotatable bonds is 5. The number of halogens is 2. The van der Waals surface area contributed by atoms with E-state index in [1.54, 1.807) is 6.07 Å². The Hall–Kier alpha value is -1.75. The Morgan fingerprint density at radius 2 is 2.11 bits per heavy atom. The quantitative estimate of drug-likeness (QED) is 0.900. The van der Waals surface area contributed by atoms with Gasteiger partial charge in [-0.15, -0.1) is 0 Å². The molecule has 0 spiro atoms. The van der Waals surface area contributed by atoms with E-state index in [1.165, 1.54) is 12.1 Å². The topological polar surface area (TPSA) is 29.9 Å². The first-order valence-electron chi connectivity index (χ1n) is 6.13. The Bertz CT molecular complexity index is 549.